The summed E-state index contributed by atoms with van der Waals surface area (Å²) in [5, 5.41) is 0. The van der Waals surface area contributed by atoms with E-state index in [1.807, 2.05) is 6.07 Å². The van der Waals surface area contributed by atoms with E-state index >= 15 is 0 Å². The molecule has 2 atom stereocenters. The van der Waals surface area contributed by atoms with Crippen LogP contribution in [-0.4, -0.2) is 14.5 Å². The maximum Gasteiger partial charge on any atom is 0.297 e. The van der Waals surface area contributed by atoms with Gasteiger partial charge in [0.15, 0.2) is 0 Å². The summed E-state index contributed by atoms with van der Waals surface area (Å²) in [5.74, 6) is 1.08. The van der Waals surface area contributed by atoms with E-state index < -0.39 is 10.1 Å². The minimum absolute atomic E-state index is 0.123. The highest BCUT2D eigenvalue weighted by Crippen LogP contribution is 2.40. The van der Waals surface area contributed by atoms with Crippen LogP contribution in [0, 0.1) is 11.8 Å². The van der Waals surface area contributed by atoms with Gasteiger partial charge in [-0.15, -0.1) is 0 Å². The topological polar surface area (TPSA) is 43.4 Å². The predicted octanol–water partition coefficient (Wildman–Crippen LogP) is 4.53. The van der Waals surface area contributed by atoms with Crippen molar-refractivity contribution in [2.45, 2.75) is 68.8 Å². The van der Waals surface area contributed by atoms with Gasteiger partial charge in [-0.25, -0.2) is 0 Å². The third-order valence-corrected chi connectivity index (χ3v) is 6.64. The quantitative estimate of drug-likeness (QED) is 0.765. The average molecular weight is 322 g/mol. The van der Waals surface area contributed by atoms with Gasteiger partial charge >= 0.3 is 0 Å². The predicted molar refractivity (Wildman–Crippen MR) is 87.0 cm³/mol. The van der Waals surface area contributed by atoms with Crippen LogP contribution in [0.3, 0.4) is 0 Å². The summed E-state index contributed by atoms with van der Waals surface area (Å²) in [4.78, 5) is 0.281. The van der Waals surface area contributed by atoms with E-state index in [4.69, 9.17) is 4.18 Å². The maximum absolute atomic E-state index is 12.5. The Balaban J connectivity index is 1.73. The Kier molecular flexibility index (Phi) is 5.19. The maximum atomic E-state index is 12.5. The summed E-state index contributed by atoms with van der Waals surface area (Å²) < 4.78 is 30.7. The first-order chi connectivity index (χ1) is 10.7. The van der Waals surface area contributed by atoms with Crippen molar-refractivity contribution in [1.82, 2.24) is 0 Å². The molecule has 0 spiro atoms. The lowest BCUT2D eigenvalue weighted by Gasteiger charge is -2.38. The molecule has 0 aliphatic heterocycles. The average Bonchev–Trinajstić information content (AvgIpc) is 2.57. The molecule has 0 saturated heterocycles. The molecule has 0 heterocycles. The highest BCUT2D eigenvalue weighted by molar-refractivity contribution is 7.86. The van der Waals surface area contributed by atoms with Crippen molar-refractivity contribution in [3.05, 3.63) is 30.3 Å². The summed E-state index contributed by atoms with van der Waals surface area (Å²) in [6, 6.07) is 8.55. The molecule has 0 radical (unpaired) electrons. The van der Waals surface area contributed by atoms with Gasteiger partial charge in [-0.3, -0.25) is 4.18 Å². The normalized spacial score (nSPS) is 27.6. The number of benzene rings is 1. The summed E-state index contributed by atoms with van der Waals surface area (Å²) >= 11 is 0. The second-order valence-corrected chi connectivity index (χ2v) is 8.32. The van der Waals surface area contributed by atoms with Crippen LogP contribution in [0.1, 0.15) is 57.8 Å². The molecule has 1 aromatic rings. The van der Waals surface area contributed by atoms with E-state index in [1.165, 1.54) is 38.5 Å². The zero-order valence-corrected chi connectivity index (χ0v) is 13.9. The van der Waals surface area contributed by atoms with Gasteiger partial charge in [0.05, 0.1) is 11.0 Å². The lowest BCUT2D eigenvalue weighted by molar-refractivity contribution is 0.0486. The van der Waals surface area contributed by atoms with Crippen molar-refractivity contribution in [1.29, 1.82) is 0 Å². The van der Waals surface area contributed by atoms with Crippen LogP contribution in [-0.2, 0) is 14.3 Å². The van der Waals surface area contributed by atoms with Crippen LogP contribution in [0.15, 0.2) is 35.2 Å². The fraction of sp³-hybridized carbons (Fsp3) is 0.667. The molecule has 2 fully saturated rings. The molecule has 4 heteroatoms. The van der Waals surface area contributed by atoms with Crippen LogP contribution in [0.2, 0.25) is 0 Å². The first-order valence-corrected chi connectivity index (χ1v) is 10.1. The zero-order valence-electron chi connectivity index (χ0n) is 13.1. The van der Waals surface area contributed by atoms with Crippen molar-refractivity contribution in [3.63, 3.8) is 0 Å². The van der Waals surface area contributed by atoms with Crippen LogP contribution in [0.4, 0.5) is 0 Å². The molecule has 2 aliphatic carbocycles. The molecule has 22 heavy (non-hydrogen) atoms. The Morgan fingerprint density at radius 3 is 2.18 bits per heavy atom. The summed E-state index contributed by atoms with van der Waals surface area (Å²) in [5.41, 5.74) is 0. The smallest absolute Gasteiger partial charge is 0.263 e. The summed E-state index contributed by atoms with van der Waals surface area (Å²) in [6.07, 6.45) is 10.6. The van der Waals surface area contributed by atoms with E-state index in [0.29, 0.717) is 11.8 Å². The van der Waals surface area contributed by atoms with Crippen molar-refractivity contribution in [3.8, 4) is 0 Å². The standard InChI is InChI=1S/C18H26O3S/c19-22(20,16-11-5-2-6-12-16)21-18-14-8-7-13-17(18)15-9-3-1-4-10-15/h2,5-6,11-12,15,17-18H,1,3-4,7-10,13-14H2. The van der Waals surface area contributed by atoms with Crippen LogP contribution in [0.25, 0.3) is 0 Å². The van der Waals surface area contributed by atoms with E-state index in [0.717, 1.165) is 19.3 Å². The molecule has 0 amide bonds. The van der Waals surface area contributed by atoms with Crippen LogP contribution >= 0.6 is 0 Å². The molecule has 0 bridgehead atoms. The molecule has 0 aromatic heterocycles. The monoisotopic (exact) mass is 322 g/mol. The van der Waals surface area contributed by atoms with Gasteiger partial charge in [-0.1, -0.05) is 63.1 Å². The largest absolute Gasteiger partial charge is 0.297 e. The molecule has 122 valence electrons. The first kappa shape index (κ1) is 16.0. The molecular weight excluding hydrogens is 296 g/mol. The van der Waals surface area contributed by atoms with Crippen LogP contribution < -0.4 is 0 Å². The molecular formula is C18H26O3S. The number of hydrogen-bond donors (Lipinski definition) is 0. The molecule has 2 saturated carbocycles. The minimum atomic E-state index is -3.63. The van der Waals surface area contributed by atoms with Gasteiger partial charge in [-0.2, -0.15) is 8.42 Å². The molecule has 0 N–H and O–H groups in total. The second kappa shape index (κ2) is 7.14. The Bertz CT molecular complexity index is 561. The fourth-order valence-corrected chi connectivity index (χ4v) is 5.32. The van der Waals surface area contributed by atoms with Crippen molar-refractivity contribution < 1.29 is 12.6 Å². The highest BCUT2D eigenvalue weighted by Gasteiger charge is 2.36. The van der Waals surface area contributed by atoms with Gasteiger partial charge in [0.25, 0.3) is 10.1 Å². The van der Waals surface area contributed by atoms with Gasteiger partial charge < -0.3 is 0 Å². The SMILES string of the molecule is O=S(=O)(OC1CCCCC1C1CCCCC1)c1ccccc1. The van der Waals surface area contributed by atoms with E-state index in [-0.39, 0.29) is 11.0 Å². The van der Waals surface area contributed by atoms with Crippen molar-refractivity contribution >= 4 is 10.1 Å². The lowest BCUT2D eigenvalue weighted by Crippen LogP contribution is -2.35. The van der Waals surface area contributed by atoms with Gasteiger partial charge in [0.1, 0.15) is 0 Å². The molecule has 1 aromatic carbocycles. The first-order valence-electron chi connectivity index (χ1n) is 8.65. The highest BCUT2D eigenvalue weighted by atomic mass is 32.2. The molecule has 3 nitrogen and oxygen atoms in total. The third kappa shape index (κ3) is 3.72. The Labute approximate surface area is 134 Å². The summed E-state index contributed by atoms with van der Waals surface area (Å²) in [6.45, 7) is 0. The van der Waals surface area contributed by atoms with Gasteiger partial charge in [0, 0.05) is 0 Å². The zero-order chi connectivity index (χ0) is 15.4. The fourth-order valence-electron chi connectivity index (χ4n) is 4.15. The van der Waals surface area contributed by atoms with Crippen LogP contribution in [0.5, 0.6) is 0 Å². The number of hydrogen-bond acceptors (Lipinski definition) is 3. The Morgan fingerprint density at radius 1 is 0.818 bits per heavy atom. The van der Waals surface area contributed by atoms with E-state index in [1.54, 1.807) is 24.3 Å². The van der Waals surface area contributed by atoms with Gasteiger partial charge in [0.2, 0.25) is 0 Å². The summed E-state index contributed by atoms with van der Waals surface area (Å²) in [7, 11) is -3.63. The molecule has 2 aliphatic rings. The lowest BCUT2D eigenvalue weighted by atomic mass is 9.72. The van der Waals surface area contributed by atoms with Crippen molar-refractivity contribution in [2.75, 3.05) is 0 Å². The van der Waals surface area contributed by atoms with Gasteiger partial charge in [-0.05, 0) is 36.8 Å². The molecule has 3 rings (SSSR count). The Morgan fingerprint density at radius 2 is 1.45 bits per heavy atom. The Hall–Kier alpha value is -0.870. The second-order valence-electron chi connectivity index (χ2n) is 6.75. The van der Waals surface area contributed by atoms with E-state index in [2.05, 4.69) is 0 Å². The van der Waals surface area contributed by atoms with Crippen molar-refractivity contribution in [2.24, 2.45) is 11.8 Å². The van der Waals surface area contributed by atoms with E-state index in [9.17, 15) is 8.42 Å². The third-order valence-electron chi connectivity index (χ3n) is 5.29. The minimum Gasteiger partial charge on any atom is -0.263 e. The number of rotatable bonds is 4. The molecule has 2 unspecified atom stereocenters.